The Morgan fingerprint density at radius 1 is 0.944 bits per heavy atom. The predicted octanol–water partition coefficient (Wildman–Crippen LogP) is -1.92. The third-order valence-corrected chi connectivity index (χ3v) is 2.16. The largest absolute Gasteiger partial charge is 0.480 e. The van der Waals surface area contributed by atoms with Crippen LogP contribution in [0.4, 0.5) is 0 Å². The van der Waals surface area contributed by atoms with E-state index in [1.165, 1.54) is 21.1 Å². The van der Waals surface area contributed by atoms with Gasteiger partial charge in [-0.15, -0.1) is 0 Å². The van der Waals surface area contributed by atoms with Gasteiger partial charge in [-0.2, -0.15) is 0 Å². The number of rotatable bonds is 7. The van der Waals surface area contributed by atoms with Gasteiger partial charge in [-0.05, 0) is 0 Å². The lowest BCUT2D eigenvalue weighted by Crippen LogP contribution is -2.43. The Hall–Kier alpha value is -2.12. The molecular weight excluding hydrogens is 242 g/mol. The van der Waals surface area contributed by atoms with Crippen LogP contribution in [0.3, 0.4) is 0 Å². The molecule has 0 saturated heterocycles. The Bertz CT molecular complexity index is 344. The van der Waals surface area contributed by atoms with E-state index in [0.717, 1.165) is 14.7 Å². The van der Waals surface area contributed by atoms with Gasteiger partial charge in [0.05, 0.1) is 13.1 Å². The number of nitrogens with zero attached hydrogens (tertiary/aromatic N) is 3. The molecule has 0 aliphatic heterocycles. The average Bonchev–Trinajstić information content (AvgIpc) is 2.27. The summed E-state index contributed by atoms with van der Waals surface area (Å²) in [7, 11) is 4.19. The predicted molar refractivity (Wildman–Crippen MR) is 61.6 cm³/mol. The molecule has 0 aromatic rings. The van der Waals surface area contributed by atoms with E-state index in [1.807, 2.05) is 0 Å². The van der Waals surface area contributed by atoms with Crippen molar-refractivity contribution < 1.29 is 24.3 Å². The maximum absolute atomic E-state index is 11.5. The van der Waals surface area contributed by atoms with Crippen molar-refractivity contribution in [3.63, 3.8) is 0 Å². The van der Waals surface area contributed by atoms with Gasteiger partial charge in [-0.25, -0.2) is 0 Å². The van der Waals surface area contributed by atoms with Crippen molar-refractivity contribution >= 4 is 24.2 Å². The van der Waals surface area contributed by atoms with Crippen molar-refractivity contribution in [2.75, 3.05) is 40.8 Å². The first-order chi connectivity index (χ1) is 8.27. The van der Waals surface area contributed by atoms with Crippen LogP contribution in [0.25, 0.3) is 0 Å². The van der Waals surface area contributed by atoms with E-state index in [9.17, 15) is 19.2 Å². The lowest BCUT2D eigenvalue weighted by atomic mass is 10.4. The van der Waals surface area contributed by atoms with Crippen LogP contribution in [0.2, 0.25) is 0 Å². The summed E-state index contributed by atoms with van der Waals surface area (Å²) in [5, 5.41) is 8.51. The normalized spacial score (nSPS) is 9.50. The van der Waals surface area contributed by atoms with Crippen molar-refractivity contribution in [3.05, 3.63) is 0 Å². The molecule has 3 amide bonds. The zero-order valence-electron chi connectivity index (χ0n) is 10.6. The summed E-state index contributed by atoms with van der Waals surface area (Å²) in [6.07, 6.45) is 0.504. The second-order valence-electron chi connectivity index (χ2n) is 3.91. The van der Waals surface area contributed by atoms with Crippen molar-refractivity contribution in [3.8, 4) is 0 Å². The van der Waals surface area contributed by atoms with Crippen LogP contribution in [-0.4, -0.2) is 84.8 Å². The lowest BCUT2D eigenvalue weighted by Gasteiger charge is -2.22. The van der Waals surface area contributed by atoms with E-state index in [0.29, 0.717) is 6.41 Å². The summed E-state index contributed by atoms with van der Waals surface area (Å²) >= 11 is 0. The molecule has 0 heterocycles. The monoisotopic (exact) mass is 259 g/mol. The molecule has 0 fully saturated rings. The minimum absolute atomic E-state index is 0.129. The molecule has 18 heavy (non-hydrogen) atoms. The molecule has 0 aliphatic carbocycles. The number of aliphatic carboxylic acids is 1. The van der Waals surface area contributed by atoms with Crippen molar-refractivity contribution in [2.45, 2.75) is 0 Å². The molecule has 0 rings (SSSR count). The van der Waals surface area contributed by atoms with Gasteiger partial charge in [0.15, 0.2) is 0 Å². The molecule has 8 heteroatoms. The summed E-state index contributed by atoms with van der Waals surface area (Å²) in [4.78, 5) is 47.1. The number of carbonyl (C=O) groups is 4. The van der Waals surface area contributed by atoms with E-state index >= 15 is 0 Å². The third-order valence-electron chi connectivity index (χ3n) is 2.16. The molecule has 8 nitrogen and oxygen atoms in total. The Morgan fingerprint density at radius 2 is 1.39 bits per heavy atom. The number of hydrogen-bond acceptors (Lipinski definition) is 4. The molecule has 1 N–H and O–H groups in total. The molecule has 0 unspecified atom stereocenters. The number of carbonyl (C=O) groups excluding carboxylic acids is 3. The molecule has 0 atom stereocenters. The first-order valence-corrected chi connectivity index (χ1v) is 5.13. The van der Waals surface area contributed by atoms with Crippen molar-refractivity contribution in [1.82, 2.24) is 14.7 Å². The maximum Gasteiger partial charge on any atom is 0.323 e. The number of likely N-dealkylation sites (N-methyl/N-ethyl adjacent to an activating group) is 3. The van der Waals surface area contributed by atoms with Crippen molar-refractivity contribution in [2.24, 2.45) is 0 Å². The fraction of sp³-hybridized carbons (Fsp3) is 0.600. The summed E-state index contributed by atoms with van der Waals surface area (Å²) in [6.45, 7) is -0.777. The quantitative estimate of drug-likeness (QED) is 0.537. The van der Waals surface area contributed by atoms with Crippen molar-refractivity contribution in [1.29, 1.82) is 0 Å². The van der Waals surface area contributed by atoms with Crippen LogP contribution in [-0.2, 0) is 19.2 Å². The van der Waals surface area contributed by atoms with Crippen LogP contribution in [0.5, 0.6) is 0 Å². The Balaban J connectivity index is 4.25. The van der Waals surface area contributed by atoms with Gasteiger partial charge in [0.25, 0.3) is 0 Å². The minimum atomic E-state index is -1.12. The molecule has 0 bridgehead atoms. The van der Waals surface area contributed by atoms with E-state index < -0.39 is 24.3 Å². The second kappa shape index (κ2) is 7.25. The fourth-order valence-electron chi connectivity index (χ4n) is 1.07. The number of carboxylic acid groups (broad SMARTS) is 1. The van der Waals surface area contributed by atoms with E-state index in [4.69, 9.17) is 5.11 Å². The molecule has 0 aromatic carbocycles. The van der Waals surface area contributed by atoms with E-state index in [-0.39, 0.29) is 13.1 Å². The molecule has 102 valence electrons. The first-order valence-electron chi connectivity index (χ1n) is 5.13. The highest BCUT2D eigenvalue weighted by Gasteiger charge is 2.18. The van der Waals surface area contributed by atoms with Crippen LogP contribution in [0, 0.1) is 0 Å². The van der Waals surface area contributed by atoms with Gasteiger partial charge in [-0.1, -0.05) is 0 Å². The van der Waals surface area contributed by atoms with Crippen LogP contribution < -0.4 is 0 Å². The van der Waals surface area contributed by atoms with Gasteiger partial charge < -0.3 is 19.8 Å². The minimum Gasteiger partial charge on any atom is -0.480 e. The van der Waals surface area contributed by atoms with Crippen LogP contribution in [0.1, 0.15) is 0 Å². The van der Waals surface area contributed by atoms with Gasteiger partial charge in [0, 0.05) is 21.1 Å². The molecule has 0 aromatic heterocycles. The summed E-state index contributed by atoms with van der Waals surface area (Å²) in [6, 6.07) is 0. The highest BCUT2D eigenvalue weighted by atomic mass is 16.4. The smallest absolute Gasteiger partial charge is 0.323 e. The SMILES string of the molecule is CN(C=O)CC(=O)N(C)CC(=O)N(C)CC(=O)O. The van der Waals surface area contributed by atoms with E-state index in [1.54, 1.807) is 0 Å². The maximum atomic E-state index is 11.5. The Labute approximate surface area is 105 Å². The molecule has 0 radical (unpaired) electrons. The lowest BCUT2D eigenvalue weighted by molar-refractivity contribution is -0.145. The summed E-state index contributed by atoms with van der Waals surface area (Å²) < 4.78 is 0. The summed E-state index contributed by atoms with van der Waals surface area (Å²) in [5.74, 6) is -2.01. The second-order valence-corrected chi connectivity index (χ2v) is 3.91. The van der Waals surface area contributed by atoms with Gasteiger partial charge in [0.2, 0.25) is 18.2 Å². The topological polar surface area (TPSA) is 98.2 Å². The number of carboxylic acids is 1. The standard InChI is InChI=1S/C10H17N3O5/c1-11(7-14)4-8(15)12(2)5-9(16)13(3)6-10(17)18/h7H,4-6H2,1-3H3,(H,17,18). The Kier molecular flexibility index (Phi) is 6.40. The number of amides is 3. The van der Waals surface area contributed by atoms with Gasteiger partial charge >= 0.3 is 5.97 Å². The zero-order chi connectivity index (χ0) is 14.3. The average molecular weight is 259 g/mol. The highest BCUT2D eigenvalue weighted by Crippen LogP contribution is 1.92. The van der Waals surface area contributed by atoms with Gasteiger partial charge in [-0.3, -0.25) is 19.2 Å². The van der Waals surface area contributed by atoms with Crippen LogP contribution in [0.15, 0.2) is 0 Å². The number of hydrogen-bond donors (Lipinski definition) is 1. The van der Waals surface area contributed by atoms with E-state index in [2.05, 4.69) is 0 Å². The molecule has 0 spiro atoms. The third kappa shape index (κ3) is 5.83. The fourth-order valence-corrected chi connectivity index (χ4v) is 1.07. The molecular formula is C10H17N3O5. The molecule has 0 saturated carbocycles. The molecule has 0 aliphatic rings. The zero-order valence-corrected chi connectivity index (χ0v) is 10.6. The Morgan fingerprint density at radius 3 is 1.83 bits per heavy atom. The first kappa shape index (κ1) is 15.9. The highest BCUT2D eigenvalue weighted by molar-refractivity contribution is 5.87. The van der Waals surface area contributed by atoms with Crippen LogP contribution >= 0.6 is 0 Å². The summed E-state index contributed by atoms with van der Waals surface area (Å²) in [5.41, 5.74) is 0. The van der Waals surface area contributed by atoms with Gasteiger partial charge in [0.1, 0.15) is 6.54 Å².